The average molecular weight is 298 g/mol. The Hall–Kier alpha value is -2.40. The van der Waals surface area contributed by atoms with Gasteiger partial charge in [0.1, 0.15) is 0 Å². The van der Waals surface area contributed by atoms with Gasteiger partial charge in [-0.25, -0.2) is 0 Å². The first kappa shape index (κ1) is 14.5. The topological polar surface area (TPSA) is 69.6 Å². The lowest BCUT2D eigenvalue weighted by molar-refractivity contribution is -0.141. The Morgan fingerprint density at radius 1 is 1.18 bits per heavy atom. The van der Waals surface area contributed by atoms with Gasteiger partial charge in [-0.15, -0.1) is 0 Å². The Labute approximate surface area is 128 Å². The van der Waals surface area contributed by atoms with E-state index in [1.807, 2.05) is 47.4 Å². The van der Waals surface area contributed by atoms with Gasteiger partial charge in [-0.05, 0) is 24.4 Å². The van der Waals surface area contributed by atoms with Crippen LogP contribution >= 0.6 is 0 Å². The number of fused-ring (bicyclic) bond motifs is 1. The van der Waals surface area contributed by atoms with E-state index in [1.54, 1.807) is 0 Å². The quantitative estimate of drug-likeness (QED) is 0.908. The predicted octanol–water partition coefficient (Wildman–Crippen LogP) is 2.18. The number of nitrogens with one attached hydrogen (secondary N) is 1. The largest absolute Gasteiger partial charge is 0.481 e. The monoisotopic (exact) mass is 298 g/mol. The van der Waals surface area contributed by atoms with Crippen LogP contribution in [0, 0.1) is 5.92 Å². The van der Waals surface area contributed by atoms with E-state index < -0.39 is 5.97 Å². The minimum absolute atomic E-state index is 0.109. The van der Waals surface area contributed by atoms with E-state index in [0.717, 1.165) is 16.5 Å². The van der Waals surface area contributed by atoms with Gasteiger partial charge in [0.25, 0.3) is 0 Å². The molecule has 1 heterocycles. The van der Waals surface area contributed by atoms with Crippen molar-refractivity contribution >= 4 is 28.3 Å². The summed E-state index contributed by atoms with van der Waals surface area (Å²) in [6.07, 6.45) is 0.608. The molecule has 0 spiro atoms. The molecule has 1 aliphatic heterocycles. The molecule has 1 amide bonds. The van der Waals surface area contributed by atoms with Crippen LogP contribution in [0.2, 0.25) is 0 Å². The third kappa shape index (κ3) is 3.09. The molecule has 114 valence electrons. The van der Waals surface area contributed by atoms with Crippen molar-refractivity contribution in [3.63, 3.8) is 0 Å². The molecular weight excluding hydrogens is 280 g/mol. The van der Waals surface area contributed by atoms with E-state index in [0.29, 0.717) is 19.5 Å². The molecule has 5 heteroatoms. The zero-order valence-electron chi connectivity index (χ0n) is 12.2. The van der Waals surface area contributed by atoms with E-state index in [1.165, 1.54) is 0 Å². The average Bonchev–Trinajstić information content (AvgIpc) is 2.96. The Balaban J connectivity index is 1.65. The van der Waals surface area contributed by atoms with Crippen LogP contribution in [-0.4, -0.2) is 41.5 Å². The number of carbonyl (C=O) groups excluding carboxylic acids is 1. The lowest BCUT2D eigenvalue weighted by Crippen LogP contribution is -2.32. The van der Waals surface area contributed by atoms with Gasteiger partial charge < -0.3 is 10.4 Å². The second-order valence-electron chi connectivity index (χ2n) is 5.63. The summed E-state index contributed by atoms with van der Waals surface area (Å²) >= 11 is 0. The summed E-state index contributed by atoms with van der Waals surface area (Å²) in [5, 5.41) is 14.0. The number of aliphatic carboxylic acids is 1. The van der Waals surface area contributed by atoms with Crippen LogP contribution < -0.4 is 5.32 Å². The zero-order chi connectivity index (χ0) is 15.5. The van der Waals surface area contributed by atoms with Gasteiger partial charge in [0, 0.05) is 17.6 Å². The smallest absolute Gasteiger partial charge is 0.307 e. The van der Waals surface area contributed by atoms with Gasteiger partial charge in [-0.1, -0.05) is 36.4 Å². The number of amides is 1. The summed E-state index contributed by atoms with van der Waals surface area (Å²) in [6, 6.07) is 13.7. The number of benzene rings is 2. The molecule has 1 fully saturated rings. The highest BCUT2D eigenvalue weighted by Crippen LogP contribution is 2.23. The van der Waals surface area contributed by atoms with Gasteiger partial charge >= 0.3 is 5.97 Å². The van der Waals surface area contributed by atoms with Crippen LogP contribution in [-0.2, 0) is 9.59 Å². The molecular formula is C17H18N2O3. The summed E-state index contributed by atoms with van der Waals surface area (Å²) in [7, 11) is 0. The summed E-state index contributed by atoms with van der Waals surface area (Å²) in [6.45, 7) is 1.32. The molecule has 2 N–H and O–H groups in total. The number of hydrogen-bond donors (Lipinski definition) is 2. The van der Waals surface area contributed by atoms with Crippen LogP contribution in [0.5, 0.6) is 0 Å². The molecule has 2 aromatic rings. The third-order valence-electron chi connectivity index (χ3n) is 4.05. The fraction of sp³-hybridized carbons (Fsp3) is 0.294. The number of carbonyl (C=O) groups is 2. The molecule has 0 radical (unpaired) electrons. The zero-order valence-corrected chi connectivity index (χ0v) is 12.2. The first-order valence-electron chi connectivity index (χ1n) is 7.36. The van der Waals surface area contributed by atoms with Crippen molar-refractivity contribution < 1.29 is 14.7 Å². The maximum atomic E-state index is 12.2. The van der Waals surface area contributed by atoms with Crippen molar-refractivity contribution in [1.29, 1.82) is 0 Å². The first-order chi connectivity index (χ1) is 10.6. The summed E-state index contributed by atoms with van der Waals surface area (Å²) in [5.74, 6) is -1.25. The number of carboxylic acid groups (broad SMARTS) is 1. The Morgan fingerprint density at radius 3 is 2.73 bits per heavy atom. The van der Waals surface area contributed by atoms with E-state index in [-0.39, 0.29) is 18.4 Å². The van der Waals surface area contributed by atoms with Gasteiger partial charge in [-0.2, -0.15) is 0 Å². The van der Waals surface area contributed by atoms with E-state index in [9.17, 15) is 9.59 Å². The molecule has 0 aliphatic carbocycles. The van der Waals surface area contributed by atoms with Crippen LogP contribution in [0.4, 0.5) is 5.69 Å². The van der Waals surface area contributed by atoms with Gasteiger partial charge in [0.15, 0.2) is 0 Å². The number of rotatable bonds is 4. The SMILES string of the molecule is O=C(CN1CCC(C(=O)O)C1)Nc1cccc2ccccc12. The van der Waals surface area contributed by atoms with Crippen LogP contribution in [0.25, 0.3) is 10.8 Å². The maximum absolute atomic E-state index is 12.2. The van der Waals surface area contributed by atoms with Crippen molar-refractivity contribution in [3.8, 4) is 0 Å². The molecule has 2 aromatic carbocycles. The highest BCUT2D eigenvalue weighted by Gasteiger charge is 2.28. The first-order valence-corrected chi connectivity index (χ1v) is 7.36. The van der Waals surface area contributed by atoms with Crippen molar-refractivity contribution in [2.75, 3.05) is 25.0 Å². The molecule has 22 heavy (non-hydrogen) atoms. The van der Waals surface area contributed by atoms with Crippen LogP contribution in [0.15, 0.2) is 42.5 Å². The van der Waals surface area contributed by atoms with Crippen molar-refractivity contribution in [3.05, 3.63) is 42.5 Å². The summed E-state index contributed by atoms with van der Waals surface area (Å²) in [5.41, 5.74) is 0.789. The number of carboxylic acids is 1. The molecule has 5 nitrogen and oxygen atoms in total. The van der Waals surface area contributed by atoms with Gasteiger partial charge in [-0.3, -0.25) is 14.5 Å². The molecule has 1 aliphatic rings. The van der Waals surface area contributed by atoms with Gasteiger partial charge in [0.05, 0.1) is 12.5 Å². The van der Waals surface area contributed by atoms with E-state index in [4.69, 9.17) is 5.11 Å². The lowest BCUT2D eigenvalue weighted by Gasteiger charge is -2.15. The summed E-state index contributed by atoms with van der Waals surface area (Å²) < 4.78 is 0. The fourth-order valence-electron chi connectivity index (χ4n) is 2.91. The standard InChI is InChI=1S/C17H18N2O3/c20-16(11-19-9-8-13(10-19)17(21)22)18-15-7-3-5-12-4-1-2-6-14(12)15/h1-7,13H,8-11H2,(H,18,20)(H,21,22). The molecule has 0 bridgehead atoms. The highest BCUT2D eigenvalue weighted by molar-refractivity contribution is 6.02. The predicted molar refractivity (Wildman–Crippen MR) is 84.8 cm³/mol. The highest BCUT2D eigenvalue weighted by atomic mass is 16.4. The molecule has 3 rings (SSSR count). The van der Waals surface area contributed by atoms with Crippen molar-refractivity contribution in [2.45, 2.75) is 6.42 Å². The Kier molecular flexibility index (Phi) is 4.06. The van der Waals surface area contributed by atoms with Gasteiger partial charge in [0.2, 0.25) is 5.91 Å². The van der Waals surface area contributed by atoms with E-state index in [2.05, 4.69) is 5.32 Å². The molecule has 1 atom stereocenters. The lowest BCUT2D eigenvalue weighted by atomic mass is 10.1. The van der Waals surface area contributed by atoms with Crippen molar-refractivity contribution in [1.82, 2.24) is 4.90 Å². The Bertz CT molecular complexity index is 709. The second-order valence-corrected chi connectivity index (χ2v) is 5.63. The number of anilines is 1. The van der Waals surface area contributed by atoms with Crippen LogP contribution in [0.3, 0.4) is 0 Å². The minimum atomic E-state index is -0.781. The number of nitrogens with zero attached hydrogens (tertiary/aromatic N) is 1. The van der Waals surface area contributed by atoms with E-state index >= 15 is 0 Å². The second kappa shape index (κ2) is 6.15. The third-order valence-corrected chi connectivity index (χ3v) is 4.05. The fourth-order valence-corrected chi connectivity index (χ4v) is 2.91. The normalized spacial score (nSPS) is 18.5. The van der Waals surface area contributed by atoms with Crippen molar-refractivity contribution in [2.24, 2.45) is 5.92 Å². The Morgan fingerprint density at radius 2 is 1.95 bits per heavy atom. The molecule has 1 unspecified atom stereocenters. The molecule has 0 aromatic heterocycles. The molecule has 0 saturated carbocycles. The maximum Gasteiger partial charge on any atom is 0.307 e. The number of hydrogen-bond acceptors (Lipinski definition) is 3. The number of likely N-dealkylation sites (tertiary alicyclic amines) is 1. The molecule has 1 saturated heterocycles. The minimum Gasteiger partial charge on any atom is -0.481 e. The summed E-state index contributed by atoms with van der Waals surface area (Å²) in [4.78, 5) is 25.0. The van der Waals surface area contributed by atoms with Crippen LogP contribution in [0.1, 0.15) is 6.42 Å².